The van der Waals surface area contributed by atoms with Gasteiger partial charge in [0.15, 0.2) is 0 Å². The summed E-state index contributed by atoms with van der Waals surface area (Å²) in [4.78, 5) is 36.2. The number of nitro benzene ring substituents is 1. The van der Waals surface area contributed by atoms with Crippen LogP contribution in [0.15, 0.2) is 66.9 Å². The lowest BCUT2D eigenvalue weighted by atomic mass is 9.76. The molecule has 0 saturated carbocycles. The number of nitrogens with zero attached hydrogens (tertiary/aromatic N) is 3. The summed E-state index contributed by atoms with van der Waals surface area (Å²) in [6, 6.07) is 16.7. The van der Waals surface area contributed by atoms with E-state index in [1.54, 1.807) is 30.3 Å². The van der Waals surface area contributed by atoms with E-state index in [1.807, 2.05) is 6.92 Å². The number of hydrazine groups is 1. The Bertz CT molecular complexity index is 1730. The summed E-state index contributed by atoms with van der Waals surface area (Å²) in [6.07, 6.45) is 3.77. The second-order valence-electron chi connectivity index (χ2n) is 12.8. The zero-order valence-corrected chi connectivity index (χ0v) is 28.1. The predicted molar refractivity (Wildman–Crippen MR) is 185 cm³/mol. The second-order valence-corrected chi connectivity index (χ2v) is 12.8. The van der Waals surface area contributed by atoms with Crippen LogP contribution in [0, 0.1) is 10.1 Å². The number of benzene rings is 3. The summed E-state index contributed by atoms with van der Waals surface area (Å²) in [5.41, 5.74) is 9.03. The number of rotatable bonds is 13. The molecule has 250 valence electrons. The SMILES string of the molecule is CCC(CNC(=O)Nc1ccc(NNC(=O)n2ncc3c([N+](=O)[O-])cccc32)cc1)Oc1ccc(C(C)(C)CC)cc1C(C)(C)CC. The van der Waals surface area contributed by atoms with E-state index in [2.05, 4.69) is 86.3 Å². The molecule has 0 aliphatic rings. The van der Waals surface area contributed by atoms with Gasteiger partial charge in [0, 0.05) is 17.3 Å². The molecule has 0 aliphatic carbocycles. The van der Waals surface area contributed by atoms with Crippen molar-refractivity contribution < 1.29 is 19.2 Å². The van der Waals surface area contributed by atoms with Crippen molar-refractivity contribution in [1.29, 1.82) is 0 Å². The number of carbonyl (C=O) groups is 2. The summed E-state index contributed by atoms with van der Waals surface area (Å²) >= 11 is 0. The van der Waals surface area contributed by atoms with Gasteiger partial charge in [0.25, 0.3) is 5.69 Å². The largest absolute Gasteiger partial charge is 0.488 e. The number of aromatic nitrogens is 2. The number of carbonyl (C=O) groups excluding carboxylic acids is 2. The predicted octanol–water partition coefficient (Wildman–Crippen LogP) is 7.88. The summed E-state index contributed by atoms with van der Waals surface area (Å²) in [5, 5.41) is 21.2. The fourth-order valence-electron chi connectivity index (χ4n) is 4.98. The summed E-state index contributed by atoms with van der Waals surface area (Å²) in [7, 11) is 0. The Hall–Kier alpha value is -5.13. The van der Waals surface area contributed by atoms with Gasteiger partial charge in [-0.3, -0.25) is 15.5 Å². The maximum Gasteiger partial charge on any atom is 0.361 e. The van der Waals surface area contributed by atoms with Crippen molar-refractivity contribution in [3.05, 3.63) is 88.1 Å². The highest BCUT2D eigenvalue weighted by molar-refractivity contribution is 5.95. The van der Waals surface area contributed by atoms with Gasteiger partial charge >= 0.3 is 12.1 Å². The number of anilines is 2. The average Bonchev–Trinajstić information content (AvgIpc) is 3.50. The molecule has 0 fully saturated rings. The first-order valence-electron chi connectivity index (χ1n) is 15.9. The summed E-state index contributed by atoms with van der Waals surface area (Å²) in [5.74, 6) is 0.846. The fraction of sp³-hybridized carbons (Fsp3) is 0.400. The number of amides is 3. The number of nitro groups is 1. The van der Waals surface area contributed by atoms with Crippen molar-refractivity contribution in [1.82, 2.24) is 20.5 Å². The number of hydrogen-bond donors (Lipinski definition) is 4. The monoisotopic (exact) mass is 643 g/mol. The van der Waals surface area contributed by atoms with E-state index in [0.29, 0.717) is 29.9 Å². The molecule has 3 aromatic carbocycles. The van der Waals surface area contributed by atoms with Crippen LogP contribution in [0.1, 0.15) is 78.9 Å². The van der Waals surface area contributed by atoms with Crippen molar-refractivity contribution in [2.24, 2.45) is 0 Å². The molecule has 4 N–H and O–H groups in total. The van der Waals surface area contributed by atoms with E-state index in [-0.39, 0.29) is 34.0 Å². The lowest BCUT2D eigenvalue weighted by molar-refractivity contribution is -0.383. The third kappa shape index (κ3) is 8.18. The number of ether oxygens (including phenoxy) is 1. The van der Waals surface area contributed by atoms with Gasteiger partial charge in [0.1, 0.15) is 11.9 Å². The Morgan fingerprint density at radius 1 is 0.957 bits per heavy atom. The highest BCUT2D eigenvalue weighted by Gasteiger charge is 2.27. The molecule has 47 heavy (non-hydrogen) atoms. The van der Waals surface area contributed by atoms with E-state index >= 15 is 0 Å². The van der Waals surface area contributed by atoms with Crippen LogP contribution in [-0.4, -0.2) is 39.4 Å². The van der Waals surface area contributed by atoms with Crippen LogP contribution in [0.5, 0.6) is 5.75 Å². The third-order valence-corrected chi connectivity index (χ3v) is 8.93. The number of non-ortho nitro benzene ring substituents is 1. The molecule has 1 aromatic heterocycles. The molecule has 0 saturated heterocycles. The minimum Gasteiger partial charge on any atom is -0.488 e. The van der Waals surface area contributed by atoms with Crippen molar-refractivity contribution >= 4 is 40.0 Å². The van der Waals surface area contributed by atoms with Crippen molar-refractivity contribution in [3.63, 3.8) is 0 Å². The van der Waals surface area contributed by atoms with Crippen LogP contribution >= 0.6 is 0 Å². The first-order valence-corrected chi connectivity index (χ1v) is 15.9. The zero-order chi connectivity index (χ0) is 34.4. The molecule has 0 spiro atoms. The number of fused-ring (bicyclic) bond motifs is 1. The summed E-state index contributed by atoms with van der Waals surface area (Å²) in [6.45, 7) is 15.7. The first kappa shape index (κ1) is 34.7. The van der Waals surface area contributed by atoms with Crippen LogP contribution in [0.25, 0.3) is 10.9 Å². The van der Waals surface area contributed by atoms with E-state index in [1.165, 1.54) is 29.5 Å². The summed E-state index contributed by atoms with van der Waals surface area (Å²) < 4.78 is 7.53. The number of urea groups is 1. The van der Waals surface area contributed by atoms with Gasteiger partial charge in [-0.1, -0.05) is 66.7 Å². The quantitative estimate of drug-likeness (QED) is 0.0854. The standard InChI is InChI=1S/C35H45N7O5/c1-8-26(47-31-19-14-23(34(4,5)9-2)20-28(31)35(6,7)10-3)21-36-32(43)38-24-15-17-25(18-16-24)39-40-33(44)41-29-12-11-13-30(42(45)46)27(29)22-37-41/h11-20,22,26,39H,8-10,21H2,1-7H3,(H,40,44)(H2,36,38,43). The molecule has 4 aromatic rings. The van der Waals surface area contributed by atoms with E-state index in [0.717, 1.165) is 23.3 Å². The molecule has 1 unspecified atom stereocenters. The van der Waals surface area contributed by atoms with Crippen LogP contribution < -0.4 is 26.2 Å². The van der Waals surface area contributed by atoms with Crippen molar-refractivity contribution in [3.8, 4) is 5.75 Å². The maximum absolute atomic E-state index is 12.7. The Morgan fingerprint density at radius 3 is 2.28 bits per heavy atom. The molecular weight excluding hydrogens is 598 g/mol. The van der Waals surface area contributed by atoms with Gasteiger partial charge in [0.2, 0.25) is 0 Å². The van der Waals surface area contributed by atoms with Gasteiger partial charge in [-0.15, -0.1) is 0 Å². The molecule has 4 rings (SSSR count). The van der Waals surface area contributed by atoms with Gasteiger partial charge in [0.05, 0.1) is 34.3 Å². The minimum absolute atomic E-state index is 0.0614. The topological polar surface area (TPSA) is 152 Å². The van der Waals surface area contributed by atoms with Gasteiger partial charge < -0.3 is 15.4 Å². The van der Waals surface area contributed by atoms with Gasteiger partial charge in [-0.05, 0) is 72.1 Å². The van der Waals surface area contributed by atoms with Crippen LogP contribution in [0.3, 0.4) is 0 Å². The lowest BCUT2D eigenvalue weighted by Gasteiger charge is -2.31. The van der Waals surface area contributed by atoms with Crippen molar-refractivity contribution in [2.45, 2.75) is 84.7 Å². The number of nitrogens with one attached hydrogen (secondary N) is 4. The Labute approximate surface area is 275 Å². The van der Waals surface area contributed by atoms with E-state index < -0.39 is 11.0 Å². The molecule has 12 heteroatoms. The smallest absolute Gasteiger partial charge is 0.361 e. The molecule has 1 heterocycles. The minimum atomic E-state index is -0.624. The molecule has 0 radical (unpaired) electrons. The van der Waals surface area contributed by atoms with Crippen LogP contribution in [0.2, 0.25) is 0 Å². The normalized spacial score (nSPS) is 12.3. The molecule has 0 aliphatic heterocycles. The molecule has 1 atom stereocenters. The Balaban J connectivity index is 1.32. The molecular formula is C35H45N7O5. The molecule has 3 amide bonds. The van der Waals surface area contributed by atoms with E-state index in [4.69, 9.17) is 4.74 Å². The Kier molecular flexibility index (Phi) is 10.7. The van der Waals surface area contributed by atoms with Crippen LogP contribution in [0.4, 0.5) is 26.7 Å². The van der Waals surface area contributed by atoms with Crippen molar-refractivity contribution in [2.75, 3.05) is 17.3 Å². The van der Waals surface area contributed by atoms with E-state index in [9.17, 15) is 19.7 Å². The first-order chi connectivity index (χ1) is 22.3. The highest BCUT2D eigenvalue weighted by Crippen LogP contribution is 2.39. The fourth-order valence-corrected chi connectivity index (χ4v) is 4.98. The average molecular weight is 644 g/mol. The maximum atomic E-state index is 12.7. The van der Waals surface area contributed by atoms with Crippen LogP contribution in [-0.2, 0) is 10.8 Å². The Morgan fingerprint density at radius 2 is 1.64 bits per heavy atom. The zero-order valence-electron chi connectivity index (χ0n) is 28.1. The second kappa shape index (κ2) is 14.5. The third-order valence-electron chi connectivity index (χ3n) is 8.93. The molecule has 12 nitrogen and oxygen atoms in total. The van der Waals surface area contributed by atoms with Gasteiger partial charge in [-0.2, -0.15) is 9.78 Å². The highest BCUT2D eigenvalue weighted by atomic mass is 16.6. The van der Waals surface area contributed by atoms with Gasteiger partial charge in [-0.25, -0.2) is 15.0 Å². The lowest BCUT2D eigenvalue weighted by Crippen LogP contribution is -2.38. The molecule has 0 bridgehead atoms. The number of hydrogen-bond acceptors (Lipinski definition) is 7.